The molecule has 26 heavy (non-hydrogen) atoms. The number of aromatic nitrogens is 4. The summed E-state index contributed by atoms with van der Waals surface area (Å²) in [6.45, 7) is 1.67. The fraction of sp³-hybridized carbons (Fsp3) is 0.111. The lowest BCUT2D eigenvalue weighted by Crippen LogP contribution is -2.28. The maximum absolute atomic E-state index is 12.7. The molecule has 4 rings (SSSR count). The van der Waals surface area contributed by atoms with Crippen LogP contribution in [-0.4, -0.2) is 25.1 Å². The van der Waals surface area contributed by atoms with Gasteiger partial charge in [-0.2, -0.15) is 0 Å². The number of hydrogen-bond acceptors (Lipinski definition) is 4. The molecule has 2 aromatic heterocycles. The van der Waals surface area contributed by atoms with Gasteiger partial charge in [-0.3, -0.25) is 9.78 Å². The fourth-order valence-electron chi connectivity index (χ4n) is 2.73. The van der Waals surface area contributed by atoms with Crippen LogP contribution < -0.4 is 11.0 Å². The number of para-hydroxylation sites is 2. The molecule has 7 nitrogen and oxygen atoms in total. The average molecular weight is 368 g/mol. The number of benzene rings is 2. The van der Waals surface area contributed by atoms with Gasteiger partial charge in [0, 0.05) is 10.7 Å². The van der Waals surface area contributed by atoms with Crippen molar-refractivity contribution in [3.05, 3.63) is 69.7 Å². The van der Waals surface area contributed by atoms with Crippen molar-refractivity contribution in [3.8, 4) is 0 Å². The smallest absolute Gasteiger partial charge is 0.324 e. The largest absolute Gasteiger partial charge is 0.351 e. The van der Waals surface area contributed by atoms with Crippen molar-refractivity contribution in [2.24, 2.45) is 0 Å². The molecule has 2 aromatic carbocycles. The molecule has 130 valence electrons. The van der Waals surface area contributed by atoms with E-state index in [-0.39, 0.29) is 12.5 Å². The van der Waals surface area contributed by atoms with Gasteiger partial charge in [-0.25, -0.2) is 13.9 Å². The third kappa shape index (κ3) is 2.82. The van der Waals surface area contributed by atoms with Gasteiger partial charge in [0.05, 0.1) is 17.2 Å². The Morgan fingerprint density at radius 2 is 2.04 bits per heavy atom. The Bertz CT molecular complexity index is 1210. The van der Waals surface area contributed by atoms with Crippen LogP contribution in [0, 0.1) is 6.92 Å². The molecule has 0 aliphatic heterocycles. The Morgan fingerprint density at radius 3 is 2.85 bits per heavy atom. The van der Waals surface area contributed by atoms with Crippen LogP contribution in [0.4, 0.5) is 5.69 Å². The second-order valence-electron chi connectivity index (χ2n) is 5.89. The maximum atomic E-state index is 12.7. The van der Waals surface area contributed by atoms with Crippen molar-refractivity contribution in [2.45, 2.75) is 13.5 Å². The topological polar surface area (TPSA) is 81.3 Å². The first-order valence-electron chi connectivity index (χ1n) is 7.92. The molecule has 0 unspecified atom stereocenters. The number of carbonyl (C=O) groups excluding carboxylic acids is 1. The average Bonchev–Trinajstić information content (AvgIpc) is 2.94. The van der Waals surface area contributed by atoms with Crippen LogP contribution in [0.25, 0.3) is 16.7 Å². The minimum absolute atomic E-state index is 0.208. The highest BCUT2D eigenvalue weighted by Crippen LogP contribution is 2.20. The van der Waals surface area contributed by atoms with Crippen molar-refractivity contribution in [1.82, 2.24) is 19.2 Å². The van der Waals surface area contributed by atoms with Gasteiger partial charge in [-0.15, -0.1) is 5.10 Å². The van der Waals surface area contributed by atoms with Crippen molar-refractivity contribution in [2.75, 3.05) is 5.32 Å². The Hall–Kier alpha value is -3.19. The molecule has 4 aromatic rings. The molecule has 0 saturated carbocycles. The van der Waals surface area contributed by atoms with Crippen molar-refractivity contribution in [3.63, 3.8) is 0 Å². The zero-order valence-corrected chi connectivity index (χ0v) is 14.6. The van der Waals surface area contributed by atoms with E-state index in [1.165, 1.54) is 10.6 Å². The summed E-state index contributed by atoms with van der Waals surface area (Å²) in [5.41, 5.74) is 2.80. The maximum Gasteiger partial charge on any atom is 0.351 e. The van der Waals surface area contributed by atoms with Gasteiger partial charge >= 0.3 is 5.69 Å². The van der Waals surface area contributed by atoms with Gasteiger partial charge < -0.3 is 5.32 Å². The van der Waals surface area contributed by atoms with Gasteiger partial charge in [-0.1, -0.05) is 29.8 Å². The predicted octanol–water partition coefficient (Wildman–Crippen LogP) is 2.64. The van der Waals surface area contributed by atoms with Crippen LogP contribution in [0.3, 0.4) is 0 Å². The van der Waals surface area contributed by atoms with E-state index in [2.05, 4.69) is 15.4 Å². The van der Waals surface area contributed by atoms with E-state index >= 15 is 0 Å². The van der Waals surface area contributed by atoms with Crippen LogP contribution in [0.1, 0.15) is 5.56 Å². The number of nitrogens with zero attached hydrogens (tertiary/aromatic N) is 4. The second kappa shape index (κ2) is 6.27. The van der Waals surface area contributed by atoms with Gasteiger partial charge in [0.1, 0.15) is 6.54 Å². The first kappa shape index (κ1) is 16.3. The zero-order valence-electron chi connectivity index (χ0n) is 13.8. The highest BCUT2D eigenvalue weighted by atomic mass is 35.5. The minimum Gasteiger partial charge on any atom is -0.324 e. The van der Waals surface area contributed by atoms with E-state index in [0.717, 1.165) is 10.2 Å². The van der Waals surface area contributed by atoms with Crippen LogP contribution in [-0.2, 0) is 11.3 Å². The monoisotopic (exact) mass is 367 g/mol. The first-order valence-corrected chi connectivity index (χ1v) is 8.30. The van der Waals surface area contributed by atoms with Crippen molar-refractivity contribution < 1.29 is 4.79 Å². The van der Waals surface area contributed by atoms with E-state index in [0.29, 0.717) is 27.4 Å². The number of rotatable bonds is 3. The van der Waals surface area contributed by atoms with E-state index in [1.54, 1.807) is 18.2 Å². The Balaban J connectivity index is 1.65. The predicted molar refractivity (Wildman–Crippen MR) is 99.6 cm³/mol. The molecular formula is C18H14ClN5O2. The molecule has 1 N–H and O–H groups in total. The van der Waals surface area contributed by atoms with Crippen LogP contribution in [0.15, 0.2) is 53.5 Å². The summed E-state index contributed by atoms with van der Waals surface area (Å²) in [6, 6.07) is 12.5. The highest BCUT2D eigenvalue weighted by Gasteiger charge is 2.13. The lowest BCUT2D eigenvalue weighted by molar-refractivity contribution is -0.117. The Kier molecular flexibility index (Phi) is 3.93. The molecule has 0 saturated heterocycles. The molecule has 0 aliphatic carbocycles. The van der Waals surface area contributed by atoms with E-state index in [1.807, 2.05) is 31.2 Å². The fourth-order valence-corrected chi connectivity index (χ4v) is 2.91. The standard InChI is InChI=1S/C18H14ClN5O2/c1-11-6-7-12(8-13(11)19)21-17(25)10-23-18(26)24-15-5-3-2-4-14(15)20-9-16(24)22-23/h2-9H,10H2,1H3,(H,21,25). The van der Waals surface area contributed by atoms with Crippen LogP contribution in [0.2, 0.25) is 5.02 Å². The number of amides is 1. The highest BCUT2D eigenvalue weighted by molar-refractivity contribution is 6.31. The van der Waals surface area contributed by atoms with E-state index in [9.17, 15) is 9.59 Å². The Morgan fingerprint density at radius 1 is 1.23 bits per heavy atom. The summed E-state index contributed by atoms with van der Waals surface area (Å²) in [4.78, 5) is 29.2. The molecule has 0 bridgehead atoms. The molecular weight excluding hydrogens is 354 g/mol. The molecule has 8 heteroatoms. The molecule has 0 spiro atoms. The number of aryl methyl sites for hydroxylation is 1. The van der Waals surface area contributed by atoms with Crippen LogP contribution in [0.5, 0.6) is 0 Å². The van der Waals surface area contributed by atoms with Crippen molar-refractivity contribution in [1.29, 1.82) is 0 Å². The molecule has 0 fully saturated rings. The summed E-state index contributed by atoms with van der Waals surface area (Å²) in [5, 5.41) is 7.47. The minimum atomic E-state index is -0.393. The second-order valence-corrected chi connectivity index (χ2v) is 6.30. The number of fused-ring (bicyclic) bond motifs is 3. The number of carbonyl (C=O) groups is 1. The SMILES string of the molecule is Cc1ccc(NC(=O)Cn2nc3cnc4ccccc4n3c2=O)cc1Cl. The number of halogens is 1. The number of hydrogen-bond donors (Lipinski definition) is 1. The van der Waals surface area contributed by atoms with Crippen LogP contribution >= 0.6 is 11.6 Å². The van der Waals surface area contributed by atoms with Gasteiger partial charge in [0.25, 0.3) is 0 Å². The summed E-state index contributed by atoms with van der Waals surface area (Å²) >= 11 is 6.06. The van der Waals surface area contributed by atoms with E-state index in [4.69, 9.17) is 11.6 Å². The summed E-state index contributed by atoms with van der Waals surface area (Å²) in [5.74, 6) is -0.368. The number of anilines is 1. The summed E-state index contributed by atoms with van der Waals surface area (Å²) in [7, 11) is 0. The van der Waals surface area contributed by atoms with Gasteiger partial charge in [-0.05, 0) is 36.8 Å². The van der Waals surface area contributed by atoms with Gasteiger partial charge in [0.2, 0.25) is 5.91 Å². The quantitative estimate of drug-likeness (QED) is 0.603. The van der Waals surface area contributed by atoms with Crippen molar-refractivity contribution >= 4 is 39.9 Å². The third-order valence-electron chi connectivity index (χ3n) is 4.06. The summed E-state index contributed by atoms with van der Waals surface area (Å²) < 4.78 is 2.56. The lowest BCUT2D eigenvalue weighted by Gasteiger charge is -2.06. The van der Waals surface area contributed by atoms with Gasteiger partial charge in [0.15, 0.2) is 5.65 Å². The Labute approximate surface area is 152 Å². The normalized spacial score (nSPS) is 11.2. The molecule has 0 atom stereocenters. The summed E-state index contributed by atoms with van der Waals surface area (Å²) in [6.07, 6.45) is 1.51. The van der Waals surface area contributed by atoms with E-state index < -0.39 is 5.69 Å². The zero-order chi connectivity index (χ0) is 18.3. The first-order chi connectivity index (χ1) is 12.5. The molecule has 0 aliphatic rings. The number of nitrogens with one attached hydrogen (secondary N) is 1. The molecule has 2 heterocycles. The molecule has 1 amide bonds. The molecule has 0 radical (unpaired) electrons. The lowest BCUT2D eigenvalue weighted by atomic mass is 10.2. The third-order valence-corrected chi connectivity index (χ3v) is 4.46.